The molecule has 3 heteroatoms. The monoisotopic (exact) mass is 143 g/mol. The molecule has 1 aliphatic carbocycles. The Balaban J connectivity index is 2.19. The van der Waals surface area contributed by atoms with Crippen LogP contribution >= 0.6 is 0 Å². The van der Waals surface area contributed by atoms with E-state index in [0.29, 0.717) is 12.0 Å². The van der Waals surface area contributed by atoms with Crippen molar-refractivity contribution in [3.05, 3.63) is 0 Å². The van der Waals surface area contributed by atoms with Gasteiger partial charge in [-0.15, -0.1) is 0 Å². The van der Waals surface area contributed by atoms with E-state index in [-0.39, 0.29) is 0 Å². The van der Waals surface area contributed by atoms with Crippen molar-refractivity contribution >= 4 is 5.97 Å². The predicted octanol–water partition coefficient (Wildman–Crippen LogP) is 0.457. The molecule has 58 valence electrons. The van der Waals surface area contributed by atoms with E-state index in [1.807, 2.05) is 0 Å². The summed E-state index contributed by atoms with van der Waals surface area (Å²) < 4.78 is 0. The van der Waals surface area contributed by atoms with Crippen molar-refractivity contribution in [3.63, 3.8) is 0 Å². The standard InChI is InChI=1S/C7H13NO2/c1-4-3-6(4)8-5(2)7(9)10/h4-6,8H,3H2,1-2H3,(H,9,10). The molecular formula is C7H13NO2. The topological polar surface area (TPSA) is 49.3 Å². The molecule has 3 unspecified atom stereocenters. The van der Waals surface area contributed by atoms with Crippen molar-refractivity contribution in [1.82, 2.24) is 5.32 Å². The van der Waals surface area contributed by atoms with Gasteiger partial charge >= 0.3 is 5.97 Å². The normalized spacial score (nSPS) is 33.4. The molecule has 0 bridgehead atoms. The van der Waals surface area contributed by atoms with Crippen molar-refractivity contribution in [1.29, 1.82) is 0 Å². The molecule has 0 radical (unpaired) electrons. The minimum absolute atomic E-state index is 0.394. The highest BCUT2D eigenvalue weighted by Gasteiger charge is 2.34. The molecule has 1 rings (SSSR count). The van der Waals surface area contributed by atoms with Crippen LogP contribution in [0.3, 0.4) is 0 Å². The first-order chi connectivity index (χ1) is 4.61. The molecule has 1 fully saturated rings. The molecule has 2 N–H and O–H groups in total. The molecule has 0 aromatic carbocycles. The third-order valence-corrected chi connectivity index (χ3v) is 1.94. The molecule has 3 atom stereocenters. The summed E-state index contributed by atoms with van der Waals surface area (Å²) in [6.45, 7) is 3.79. The van der Waals surface area contributed by atoms with Gasteiger partial charge < -0.3 is 10.4 Å². The van der Waals surface area contributed by atoms with E-state index < -0.39 is 12.0 Å². The fraction of sp³-hybridized carbons (Fsp3) is 0.857. The summed E-state index contributed by atoms with van der Waals surface area (Å²) in [5.74, 6) is -0.0964. The molecule has 0 aliphatic heterocycles. The number of rotatable bonds is 3. The van der Waals surface area contributed by atoms with Gasteiger partial charge in [0.25, 0.3) is 0 Å². The Bertz CT molecular complexity index is 147. The Labute approximate surface area is 60.4 Å². The average molecular weight is 143 g/mol. The van der Waals surface area contributed by atoms with E-state index in [9.17, 15) is 4.79 Å². The molecule has 10 heavy (non-hydrogen) atoms. The number of carboxylic acid groups (broad SMARTS) is 1. The summed E-state index contributed by atoms with van der Waals surface area (Å²) in [5.41, 5.74) is 0. The zero-order chi connectivity index (χ0) is 7.72. The molecule has 0 spiro atoms. The number of carbonyl (C=O) groups is 1. The van der Waals surface area contributed by atoms with Crippen LogP contribution in [0.15, 0.2) is 0 Å². The number of carboxylic acids is 1. The molecule has 0 saturated heterocycles. The molecule has 0 heterocycles. The largest absolute Gasteiger partial charge is 0.480 e. The number of hydrogen-bond donors (Lipinski definition) is 2. The SMILES string of the molecule is CC(NC1CC1C)C(=O)O. The lowest BCUT2D eigenvalue weighted by molar-refractivity contribution is -0.139. The highest BCUT2D eigenvalue weighted by molar-refractivity contribution is 5.72. The molecular weight excluding hydrogens is 130 g/mol. The Morgan fingerprint density at radius 3 is 2.60 bits per heavy atom. The lowest BCUT2D eigenvalue weighted by Gasteiger charge is -2.06. The van der Waals surface area contributed by atoms with E-state index in [4.69, 9.17) is 5.11 Å². The van der Waals surface area contributed by atoms with Gasteiger partial charge in [-0.1, -0.05) is 6.92 Å². The molecule has 1 aliphatic rings. The van der Waals surface area contributed by atoms with Gasteiger partial charge in [-0.2, -0.15) is 0 Å². The van der Waals surface area contributed by atoms with E-state index in [0.717, 1.165) is 6.42 Å². The van der Waals surface area contributed by atoms with Gasteiger partial charge in [0.1, 0.15) is 6.04 Å². The van der Waals surface area contributed by atoms with Crippen LogP contribution < -0.4 is 5.32 Å². The average Bonchev–Trinajstić information content (AvgIpc) is 2.46. The van der Waals surface area contributed by atoms with Crippen LogP contribution in [0.25, 0.3) is 0 Å². The minimum Gasteiger partial charge on any atom is -0.480 e. The highest BCUT2D eigenvalue weighted by Crippen LogP contribution is 2.29. The van der Waals surface area contributed by atoms with Crippen molar-refractivity contribution < 1.29 is 9.90 Å². The quantitative estimate of drug-likeness (QED) is 0.603. The summed E-state index contributed by atoms with van der Waals surface area (Å²) in [6, 6.07) is 0.0565. The van der Waals surface area contributed by atoms with Gasteiger partial charge in [0.15, 0.2) is 0 Å². The van der Waals surface area contributed by atoms with Gasteiger partial charge in [0.2, 0.25) is 0 Å². The van der Waals surface area contributed by atoms with Crippen LogP contribution in [0.2, 0.25) is 0 Å². The zero-order valence-electron chi connectivity index (χ0n) is 6.29. The summed E-state index contributed by atoms with van der Waals surface area (Å²) in [7, 11) is 0. The third-order valence-electron chi connectivity index (χ3n) is 1.94. The smallest absolute Gasteiger partial charge is 0.320 e. The van der Waals surface area contributed by atoms with Gasteiger partial charge in [-0.25, -0.2) is 0 Å². The Kier molecular flexibility index (Phi) is 1.94. The highest BCUT2D eigenvalue weighted by atomic mass is 16.4. The van der Waals surface area contributed by atoms with Gasteiger partial charge in [-0.05, 0) is 19.3 Å². The number of aliphatic carboxylic acids is 1. The van der Waals surface area contributed by atoms with Crippen molar-refractivity contribution in [3.8, 4) is 0 Å². The summed E-state index contributed by atoms with van der Waals surface area (Å²) in [5, 5.41) is 11.5. The maximum Gasteiger partial charge on any atom is 0.320 e. The van der Waals surface area contributed by atoms with Crippen LogP contribution in [0.5, 0.6) is 0 Å². The van der Waals surface area contributed by atoms with E-state index in [2.05, 4.69) is 12.2 Å². The van der Waals surface area contributed by atoms with E-state index >= 15 is 0 Å². The maximum atomic E-state index is 10.3. The fourth-order valence-electron chi connectivity index (χ4n) is 0.947. The first-order valence-corrected chi connectivity index (χ1v) is 3.60. The second-order valence-corrected chi connectivity index (χ2v) is 3.05. The minimum atomic E-state index is -0.765. The molecule has 0 amide bonds. The molecule has 1 saturated carbocycles. The second-order valence-electron chi connectivity index (χ2n) is 3.05. The summed E-state index contributed by atoms with van der Waals surface area (Å²) >= 11 is 0. The van der Waals surface area contributed by atoms with E-state index in [1.165, 1.54) is 0 Å². The lowest BCUT2D eigenvalue weighted by atomic mass is 10.3. The van der Waals surface area contributed by atoms with Crippen molar-refractivity contribution in [2.75, 3.05) is 0 Å². The van der Waals surface area contributed by atoms with E-state index in [1.54, 1.807) is 6.92 Å². The van der Waals surface area contributed by atoms with Gasteiger partial charge in [0.05, 0.1) is 0 Å². The number of hydrogen-bond acceptors (Lipinski definition) is 2. The summed E-state index contributed by atoms with van der Waals surface area (Å²) in [4.78, 5) is 10.3. The first-order valence-electron chi connectivity index (χ1n) is 3.60. The Hall–Kier alpha value is -0.570. The fourth-order valence-corrected chi connectivity index (χ4v) is 0.947. The van der Waals surface area contributed by atoms with Crippen LogP contribution in [0.4, 0.5) is 0 Å². The number of nitrogens with one attached hydrogen (secondary N) is 1. The van der Waals surface area contributed by atoms with Crippen molar-refractivity contribution in [2.45, 2.75) is 32.4 Å². The Morgan fingerprint density at radius 2 is 2.30 bits per heavy atom. The van der Waals surface area contributed by atoms with Crippen LogP contribution in [-0.4, -0.2) is 23.2 Å². The zero-order valence-corrected chi connectivity index (χ0v) is 6.29. The van der Waals surface area contributed by atoms with Gasteiger partial charge in [0, 0.05) is 6.04 Å². The van der Waals surface area contributed by atoms with Crippen LogP contribution in [0.1, 0.15) is 20.3 Å². The molecule has 3 nitrogen and oxygen atoms in total. The molecule has 0 aromatic heterocycles. The lowest BCUT2D eigenvalue weighted by Crippen LogP contribution is -2.35. The first kappa shape index (κ1) is 7.54. The predicted molar refractivity (Wildman–Crippen MR) is 37.8 cm³/mol. The molecule has 0 aromatic rings. The van der Waals surface area contributed by atoms with Crippen LogP contribution in [0, 0.1) is 5.92 Å². The summed E-state index contributed by atoms with van der Waals surface area (Å²) in [6.07, 6.45) is 1.12. The maximum absolute atomic E-state index is 10.3. The van der Waals surface area contributed by atoms with Gasteiger partial charge in [-0.3, -0.25) is 4.79 Å². The third kappa shape index (κ3) is 1.70. The Morgan fingerprint density at radius 1 is 1.80 bits per heavy atom. The second kappa shape index (κ2) is 2.58. The van der Waals surface area contributed by atoms with Crippen LogP contribution in [-0.2, 0) is 4.79 Å². The van der Waals surface area contributed by atoms with Crippen molar-refractivity contribution in [2.24, 2.45) is 5.92 Å².